The summed E-state index contributed by atoms with van der Waals surface area (Å²) in [6.45, 7) is 27.7. The average molecular weight is 537 g/mol. The molecule has 0 radical (unpaired) electrons. The first-order chi connectivity index (χ1) is 16.4. The molecule has 0 amide bonds. The first kappa shape index (κ1) is 35.2. The van der Waals surface area contributed by atoms with Crippen LogP contribution in [0.5, 0.6) is 0 Å². The molecule has 8 heteroatoms. The number of hydrogen-bond acceptors (Lipinski definition) is 6. The zero-order valence-corrected chi connectivity index (χ0v) is 27.4. The highest BCUT2D eigenvalue weighted by Crippen LogP contribution is 2.44. The van der Waals surface area contributed by atoms with Gasteiger partial charge in [-0.1, -0.05) is 48.5 Å². The van der Waals surface area contributed by atoms with Crippen molar-refractivity contribution < 1.29 is 26.6 Å². The monoisotopic (exact) mass is 536 g/mol. The smallest absolute Gasteiger partial charge is 0.371 e. The van der Waals surface area contributed by atoms with Crippen molar-refractivity contribution in [1.82, 2.24) is 0 Å². The van der Waals surface area contributed by atoms with E-state index in [1.54, 1.807) is 0 Å². The summed E-state index contributed by atoms with van der Waals surface area (Å²) in [7, 11) is -6.73. The summed E-state index contributed by atoms with van der Waals surface area (Å²) in [5.74, 6) is 0. The van der Waals surface area contributed by atoms with E-state index >= 15 is 0 Å². The maximum atomic E-state index is 6.93. The second-order valence-electron chi connectivity index (χ2n) is 10.2. The summed E-state index contributed by atoms with van der Waals surface area (Å²) in [6, 6.07) is 0. The van der Waals surface area contributed by atoms with Crippen molar-refractivity contribution in [3.8, 4) is 0 Å². The molecule has 0 N–H and O–H groups in total. The van der Waals surface area contributed by atoms with Gasteiger partial charge in [-0.25, -0.2) is 0 Å². The molecule has 0 aliphatic heterocycles. The van der Waals surface area contributed by atoms with Crippen molar-refractivity contribution in [2.45, 2.75) is 177 Å². The minimum absolute atomic E-state index is 0.00803. The first-order valence-electron chi connectivity index (χ1n) is 14.5. The van der Waals surface area contributed by atoms with E-state index < -0.39 is 17.6 Å². The van der Waals surface area contributed by atoms with Gasteiger partial charge in [-0.2, -0.15) is 0 Å². The molecular weight excluding hydrogens is 476 g/mol. The Balaban J connectivity index is 7.17. The van der Waals surface area contributed by atoms with Crippen LogP contribution in [-0.2, 0) is 26.6 Å². The highest BCUT2D eigenvalue weighted by molar-refractivity contribution is 6.82. The van der Waals surface area contributed by atoms with Gasteiger partial charge in [-0.3, -0.25) is 0 Å². The Labute approximate surface area is 220 Å². The van der Waals surface area contributed by atoms with Gasteiger partial charge in [0.15, 0.2) is 0 Å². The van der Waals surface area contributed by atoms with Crippen LogP contribution in [0.15, 0.2) is 0 Å². The van der Waals surface area contributed by atoms with Crippen LogP contribution in [0.1, 0.15) is 135 Å². The molecule has 0 spiro atoms. The van der Waals surface area contributed by atoms with E-state index in [2.05, 4.69) is 90.0 Å². The fraction of sp³-hybridized carbons (Fsp3) is 1.00. The fourth-order valence-electron chi connectivity index (χ4n) is 3.56. The lowest BCUT2D eigenvalue weighted by Crippen LogP contribution is -2.67. The van der Waals surface area contributed by atoms with Crippen molar-refractivity contribution in [2.75, 3.05) is 0 Å². The molecule has 212 valence electrons. The van der Waals surface area contributed by atoms with Gasteiger partial charge in [-0.05, 0) is 86.5 Å². The molecule has 0 saturated heterocycles. The van der Waals surface area contributed by atoms with Gasteiger partial charge < -0.3 is 26.6 Å². The third-order valence-electron chi connectivity index (χ3n) is 6.90. The minimum Gasteiger partial charge on any atom is -0.371 e. The molecular formula is C27H60O6Si2. The Bertz CT molecular complexity index is 431. The largest absolute Gasteiger partial charge is 0.509 e. The van der Waals surface area contributed by atoms with E-state index in [-0.39, 0.29) is 41.8 Å². The van der Waals surface area contributed by atoms with Crippen LogP contribution in [0.2, 0.25) is 5.16 Å². The van der Waals surface area contributed by atoms with Crippen LogP contribution >= 0.6 is 0 Å². The summed E-state index contributed by atoms with van der Waals surface area (Å²) in [6.07, 6.45) is 5.93. The maximum absolute atomic E-state index is 6.93. The predicted molar refractivity (Wildman–Crippen MR) is 151 cm³/mol. The lowest BCUT2D eigenvalue weighted by Gasteiger charge is -2.47. The van der Waals surface area contributed by atoms with E-state index in [4.69, 9.17) is 26.6 Å². The van der Waals surface area contributed by atoms with Crippen LogP contribution in [-0.4, -0.2) is 54.2 Å². The number of rotatable bonds is 21. The summed E-state index contributed by atoms with van der Waals surface area (Å²) >= 11 is 0. The molecule has 0 bridgehead atoms. The van der Waals surface area contributed by atoms with Crippen molar-refractivity contribution in [3.63, 3.8) is 0 Å². The van der Waals surface area contributed by atoms with E-state index in [1.807, 2.05) is 0 Å². The Kier molecular flexibility index (Phi) is 17.8. The normalized spacial score (nSPS) is 21.9. The van der Waals surface area contributed by atoms with Crippen LogP contribution in [0, 0.1) is 0 Å². The highest BCUT2D eigenvalue weighted by atomic mass is 28.5. The molecule has 6 unspecified atom stereocenters. The first-order valence-corrected chi connectivity index (χ1v) is 18.1. The van der Waals surface area contributed by atoms with Crippen molar-refractivity contribution >= 4 is 17.6 Å². The standard InChI is InChI=1S/C27H60O6Si2/c1-14-21(8)28-34(29-22(9)15-2,30-23(10)16-3)27(20-7)35(31-24(11)17-4,32-25(12)18-5)33-26(13)19-6/h21-27H,14-20H2,1-13H3. The molecule has 0 aliphatic rings. The Morgan fingerprint density at radius 3 is 0.629 bits per heavy atom. The van der Waals surface area contributed by atoms with Gasteiger partial charge in [0.1, 0.15) is 0 Å². The maximum Gasteiger partial charge on any atom is 0.509 e. The van der Waals surface area contributed by atoms with E-state index in [0.717, 1.165) is 44.9 Å². The molecule has 0 fully saturated rings. The molecule has 0 saturated carbocycles. The zero-order chi connectivity index (χ0) is 27.2. The topological polar surface area (TPSA) is 55.4 Å². The fourth-order valence-corrected chi connectivity index (χ4v) is 13.2. The quantitative estimate of drug-likeness (QED) is 0.138. The lowest BCUT2D eigenvalue weighted by atomic mass is 10.3. The summed E-state index contributed by atoms with van der Waals surface area (Å²) in [5, 5.41) is -0.219. The van der Waals surface area contributed by atoms with Gasteiger partial charge in [-0.15, -0.1) is 0 Å². The molecule has 0 aromatic rings. The minimum atomic E-state index is -3.36. The molecule has 0 aromatic heterocycles. The van der Waals surface area contributed by atoms with Crippen molar-refractivity contribution in [2.24, 2.45) is 0 Å². The van der Waals surface area contributed by atoms with E-state index in [1.165, 1.54) is 0 Å². The van der Waals surface area contributed by atoms with Gasteiger partial charge in [0.05, 0.1) is 5.16 Å². The van der Waals surface area contributed by atoms with Gasteiger partial charge in [0.2, 0.25) is 0 Å². The van der Waals surface area contributed by atoms with Crippen molar-refractivity contribution in [1.29, 1.82) is 0 Å². The summed E-state index contributed by atoms with van der Waals surface area (Å²) in [5.41, 5.74) is 0. The Morgan fingerprint density at radius 2 is 0.514 bits per heavy atom. The third kappa shape index (κ3) is 11.2. The van der Waals surface area contributed by atoms with Gasteiger partial charge >= 0.3 is 17.6 Å². The SMILES string of the molecule is CCC(C)O[Si](OC(C)CC)(OC(C)CC)C(CC)[Si](OC(C)CC)(OC(C)CC)OC(C)CC. The van der Waals surface area contributed by atoms with E-state index in [9.17, 15) is 0 Å². The lowest BCUT2D eigenvalue weighted by molar-refractivity contribution is -0.0427. The van der Waals surface area contributed by atoms with E-state index in [0.29, 0.717) is 0 Å². The van der Waals surface area contributed by atoms with Crippen LogP contribution in [0.3, 0.4) is 0 Å². The molecule has 35 heavy (non-hydrogen) atoms. The zero-order valence-electron chi connectivity index (χ0n) is 25.4. The Hall–Kier alpha value is 0.194. The van der Waals surface area contributed by atoms with Crippen molar-refractivity contribution in [3.05, 3.63) is 0 Å². The Morgan fingerprint density at radius 1 is 0.343 bits per heavy atom. The average Bonchev–Trinajstić information content (AvgIpc) is 2.83. The van der Waals surface area contributed by atoms with Gasteiger partial charge in [0.25, 0.3) is 0 Å². The molecule has 0 aromatic carbocycles. The highest BCUT2D eigenvalue weighted by Gasteiger charge is 2.67. The summed E-state index contributed by atoms with van der Waals surface area (Å²) in [4.78, 5) is 0. The molecule has 6 nitrogen and oxygen atoms in total. The third-order valence-corrected chi connectivity index (χ3v) is 15.9. The second-order valence-corrected chi connectivity index (χ2v) is 16.0. The van der Waals surface area contributed by atoms with Gasteiger partial charge in [0, 0.05) is 36.6 Å². The molecule has 0 heterocycles. The molecule has 0 aliphatic carbocycles. The van der Waals surface area contributed by atoms with Crippen LogP contribution in [0.4, 0.5) is 0 Å². The molecule has 6 atom stereocenters. The second kappa shape index (κ2) is 17.7. The van der Waals surface area contributed by atoms with Crippen LogP contribution in [0.25, 0.3) is 0 Å². The summed E-state index contributed by atoms with van der Waals surface area (Å²) < 4.78 is 41.6. The van der Waals surface area contributed by atoms with Crippen LogP contribution < -0.4 is 0 Å². The molecule has 0 rings (SSSR count). The number of hydrogen-bond donors (Lipinski definition) is 0. The predicted octanol–water partition coefficient (Wildman–Crippen LogP) is 8.07.